The van der Waals surface area contributed by atoms with Gasteiger partial charge in [0, 0.05) is 30.9 Å². The zero-order valence-electron chi connectivity index (χ0n) is 11.7. The van der Waals surface area contributed by atoms with Crippen molar-refractivity contribution < 1.29 is 8.42 Å². The molecule has 0 radical (unpaired) electrons. The molecular weight excluding hydrogens is 312 g/mol. The quantitative estimate of drug-likeness (QED) is 0.738. The number of hydrogen-bond acceptors (Lipinski definition) is 8. The van der Waals surface area contributed by atoms with E-state index in [4.69, 9.17) is 0 Å². The molecule has 114 valence electrons. The van der Waals surface area contributed by atoms with Gasteiger partial charge in [-0.05, 0) is 13.0 Å². The van der Waals surface area contributed by atoms with Crippen molar-refractivity contribution in [2.75, 3.05) is 29.6 Å². The molecule has 0 bridgehead atoms. The van der Waals surface area contributed by atoms with E-state index in [0.717, 1.165) is 0 Å². The Kier molecular flexibility index (Phi) is 5.12. The summed E-state index contributed by atoms with van der Waals surface area (Å²) in [6.07, 6.45) is 4.57. The summed E-state index contributed by atoms with van der Waals surface area (Å²) in [4.78, 5) is 12.8. The number of nitrogens with zero attached hydrogens (tertiary/aromatic N) is 5. The van der Waals surface area contributed by atoms with Crippen molar-refractivity contribution in [1.29, 1.82) is 0 Å². The Morgan fingerprint density at radius 2 is 2.14 bits per heavy atom. The first-order chi connectivity index (χ1) is 9.98. The van der Waals surface area contributed by atoms with Crippen molar-refractivity contribution in [3.63, 3.8) is 0 Å². The molecule has 2 aromatic heterocycles. The predicted octanol–water partition coefficient (Wildman–Crippen LogP) is 0.626. The van der Waals surface area contributed by atoms with Crippen LogP contribution in [0, 0.1) is 0 Å². The first-order valence-electron chi connectivity index (χ1n) is 6.28. The van der Waals surface area contributed by atoms with E-state index < -0.39 is 9.84 Å². The lowest BCUT2D eigenvalue weighted by atomic mass is 10.7. The van der Waals surface area contributed by atoms with Crippen LogP contribution in [0.2, 0.25) is 0 Å². The van der Waals surface area contributed by atoms with E-state index in [9.17, 15) is 8.42 Å². The Hall–Kier alpha value is -1.68. The highest BCUT2D eigenvalue weighted by atomic mass is 32.2. The smallest absolute Gasteiger partial charge is 0.256 e. The van der Waals surface area contributed by atoms with E-state index in [1.807, 2.05) is 6.92 Å². The Morgan fingerprint density at radius 3 is 2.76 bits per heavy atom. The van der Waals surface area contributed by atoms with Gasteiger partial charge in [0.05, 0.1) is 5.75 Å². The number of aromatic nitrogens is 5. The van der Waals surface area contributed by atoms with Gasteiger partial charge in [0.15, 0.2) is 5.16 Å². The van der Waals surface area contributed by atoms with Gasteiger partial charge in [0.1, 0.15) is 9.84 Å². The minimum absolute atomic E-state index is 0.0803. The summed E-state index contributed by atoms with van der Waals surface area (Å²) in [6, 6.07) is 1.77. The molecule has 0 amide bonds. The number of sulfone groups is 1. The molecular formula is C11H16N6O2S2. The van der Waals surface area contributed by atoms with Crippen LogP contribution in [0.15, 0.2) is 23.6 Å². The van der Waals surface area contributed by atoms with Gasteiger partial charge in [-0.1, -0.05) is 11.8 Å². The third-order valence-electron chi connectivity index (χ3n) is 2.33. The lowest BCUT2D eigenvalue weighted by Crippen LogP contribution is -2.11. The van der Waals surface area contributed by atoms with E-state index in [1.54, 1.807) is 18.5 Å². The summed E-state index contributed by atoms with van der Waals surface area (Å²) in [5.41, 5.74) is 0. The molecule has 8 nitrogen and oxygen atoms in total. The maximum atomic E-state index is 11.2. The second-order valence-corrected chi connectivity index (χ2v) is 7.52. The number of hydrogen-bond donors (Lipinski definition) is 1. The number of nitrogens with one attached hydrogen (secondary N) is 1. The summed E-state index contributed by atoms with van der Waals surface area (Å²) in [5.74, 6) is 1.32. The predicted molar refractivity (Wildman–Crippen MR) is 81.5 cm³/mol. The maximum Gasteiger partial charge on any atom is 0.256 e. The van der Waals surface area contributed by atoms with Crippen LogP contribution in [0.25, 0.3) is 5.95 Å². The average molecular weight is 328 g/mol. The topological polar surface area (TPSA) is 103 Å². The van der Waals surface area contributed by atoms with Gasteiger partial charge in [0.2, 0.25) is 5.95 Å². The van der Waals surface area contributed by atoms with E-state index in [0.29, 0.717) is 29.4 Å². The largest absolute Gasteiger partial charge is 0.354 e. The normalized spacial score (nSPS) is 11.5. The van der Waals surface area contributed by atoms with Crippen LogP contribution in [0.1, 0.15) is 6.92 Å². The molecule has 2 heterocycles. The second kappa shape index (κ2) is 6.85. The number of thioether (sulfide) groups is 1. The Labute approximate surface area is 127 Å². The molecule has 2 aromatic rings. The molecule has 2 rings (SSSR count). The van der Waals surface area contributed by atoms with Crippen LogP contribution >= 0.6 is 11.8 Å². The second-order valence-electron chi connectivity index (χ2n) is 4.20. The van der Waals surface area contributed by atoms with Gasteiger partial charge < -0.3 is 5.32 Å². The van der Waals surface area contributed by atoms with Gasteiger partial charge >= 0.3 is 0 Å². The first kappa shape index (κ1) is 15.7. The molecule has 0 saturated carbocycles. The first-order valence-corrected chi connectivity index (χ1v) is 9.33. The molecule has 0 fully saturated rings. The fourth-order valence-electron chi connectivity index (χ4n) is 1.42. The molecule has 1 N–H and O–H groups in total. The summed E-state index contributed by atoms with van der Waals surface area (Å²) < 4.78 is 23.8. The zero-order valence-corrected chi connectivity index (χ0v) is 13.4. The average Bonchev–Trinajstić information content (AvgIpc) is 2.91. The highest BCUT2D eigenvalue weighted by molar-refractivity contribution is 8.00. The molecule has 0 saturated heterocycles. The maximum absolute atomic E-state index is 11.2. The van der Waals surface area contributed by atoms with Gasteiger partial charge in [-0.15, -0.1) is 0 Å². The number of anilines is 1. The van der Waals surface area contributed by atoms with Crippen molar-refractivity contribution >= 4 is 27.5 Å². The summed E-state index contributed by atoms with van der Waals surface area (Å²) in [5, 5.41) is 7.57. The fraction of sp³-hybridized carbons (Fsp3) is 0.455. The standard InChI is InChI=1S/C11H16N6O2S2/c1-3-12-9-14-10(17-6-4-5-13-17)16-11(15-9)20-7-8-21(2,18)19/h4-6H,3,7-8H2,1-2H3,(H,12,14,15,16). The van der Waals surface area contributed by atoms with E-state index in [-0.39, 0.29) is 5.75 Å². The lowest BCUT2D eigenvalue weighted by molar-refractivity contribution is 0.603. The minimum atomic E-state index is -2.99. The molecule has 0 atom stereocenters. The molecule has 21 heavy (non-hydrogen) atoms. The van der Waals surface area contributed by atoms with Gasteiger partial charge in [-0.25, -0.2) is 13.1 Å². The van der Waals surface area contributed by atoms with Crippen LogP contribution < -0.4 is 5.32 Å². The van der Waals surface area contributed by atoms with Crippen LogP contribution in [0.5, 0.6) is 0 Å². The van der Waals surface area contributed by atoms with Crippen molar-refractivity contribution in [3.05, 3.63) is 18.5 Å². The SMILES string of the molecule is CCNc1nc(SCCS(C)(=O)=O)nc(-n2cccn2)n1. The Bertz CT molecular complexity index is 687. The van der Waals surface area contributed by atoms with E-state index >= 15 is 0 Å². The van der Waals surface area contributed by atoms with Crippen molar-refractivity contribution in [2.24, 2.45) is 0 Å². The number of rotatable bonds is 7. The van der Waals surface area contributed by atoms with Crippen molar-refractivity contribution in [2.45, 2.75) is 12.1 Å². The van der Waals surface area contributed by atoms with Gasteiger partial charge in [0.25, 0.3) is 5.95 Å². The minimum Gasteiger partial charge on any atom is -0.354 e. The molecule has 0 unspecified atom stereocenters. The van der Waals surface area contributed by atoms with E-state index in [2.05, 4.69) is 25.4 Å². The van der Waals surface area contributed by atoms with Crippen LogP contribution in [0.4, 0.5) is 5.95 Å². The fourth-order valence-corrected chi connectivity index (χ4v) is 3.45. The molecule has 0 aliphatic rings. The van der Waals surface area contributed by atoms with Crippen molar-refractivity contribution in [3.8, 4) is 5.95 Å². The highest BCUT2D eigenvalue weighted by Gasteiger charge is 2.10. The van der Waals surface area contributed by atoms with Crippen LogP contribution in [-0.4, -0.2) is 57.5 Å². The van der Waals surface area contributed by atoms with Gasteiger partial charge in [-0.3, -0.25) is 0 Å². The van der Waals surface area contributed by atoms with E-state index in [1.165, 1.54) is 22.7 Å². The van der Waals surface area contributed by atoms with Crippen LogP contribution in [0.3, 0.4) is 0 Å². The molecule has 0 aliphatic heterocycles. The Balaban J connectivity index is 2.19. The third-order valence-corrected chi connectivity index (χ3v) is 4.39. The monoisotopic (exact) mass is 328 g/mol. The van der Waals surface area contributed by atoms with Crippen LogP contribution in [-0.2, 0) is 9.84 Å². The Morgan fingerprint density at radius 1 is 1.33 bits per heavy atom. The summed E-state index contributed by atoms with van der Waals surface area (Å²) >= 11 is 1.28. The summed E-state index contributed by atoms with van der Waals surface area (Å²) in [7, 11) is -2.99. The molecule has 0 spiro atoms. The molecule has 10 heteroatoms. The lowest BCUT2D eigenvalue weighted by Gasteiger charge is -2.07. The zero-order chi connectivity index (χ0) is 15.3. The summed E-state index contributed by atoms with van der Waals surface area (Å²) in [6.45, 7) is 2.61. The van der Waals surface area contributed by atoms with Crippen molar-refractivity contribution in [1.82, 2.24) is 24.7 Å². The molecule has 0 aliphatic carbocycles. The van der Waals surface area contributed by atoms with Gasteiger partial charge in [-0.2, -0.15) is 20.1 Å². The highest BCUT2D eigenvalue weighted by Crippen LogP contribution is 2.16. The molecule has 0 aromatic carbocycles. The third kappa shape index (κ3) is 4.97.